The molecule has 0 amide bonds. The zero-order valence-electron chi connectivity index (χ0n) is 12.1. The predicted octanol–water partition coefficient (Wildman–Crippen LogP) is 2.33. The molecule has 1 aliphatic heterocycles. The van der Waals surface area contributed by atoms with Gasteiger partial charge in [0.2, 0.25) is 0 Å². The van der Waals surface area contributed by atoms with E-state index in [0.717, 1.165) is 37.2 Å². The van der Waals surface area contributed by atoms with Crippen LogP contribution < -0.4 is 5.32 Å². The molecule has 1 N–H and O–H groups in total. The first-order chi connectivity index (χ1) is 10.1. The number of benzene rings is 1. The largest absolute Gasteiger partial charge is 0.314 e. The summed E-state index contributed by atoms with van der Waals surface area (Å²) >= 11 is 0. The average molecular weight is 304 g/mol. The van der Waals surface area contributed by atoms with Gasteiger partial charge in [-0.25, -0.2) is 12.4 Å². The fraction of sp³-hybridized carbons (Fsp3) is 0.375. The standard InChI is InChI=1S/C16H20N2O2S/c1-13-9-10-15(12-14-6-5-11-17-14)18(13)21(19,20)16-7-3-2-4-8-16/h2-4,7-10,14,17H,5-6,11-12H2,1H3/t14-/m1/s1. The molecule has 2 heterocycles. The van der Waals surface area contributed by atoms with Crippen LogP contribution in [-0.2, 0) is 16.4 Å². The van der Waals surface area contributed by atoms with Crippen molar-refractivity contribution in [3.63, 3.8) is 0 Å². The maximum absolute atomic E-state index is 12.9. The zero-order valence-corrected chi connectivity index (χ0v) is 12.9. The number of rotatable bonds is 4. The molecule has 2 aromatic rings. The van der Waals surface area contributed by atoms with Gasteiger partial charge in [-0.2, -0.15) is 0 Å². The Morgan fingerprint density at radius 2 is 1.95 bits per heavy atom. The second-order valence-electron chi connectivity index (χ2n) is 5.55. The molecule has 0 bridgehead atoms. The summed E-state index contributed by atoms with van der Waals surface area (Å²) in [5, 5.41) is 3.42. The zero-order chi connectivity index (χ0) is 14.9. The van der Waals surface area contributed by atoms with Crippen LogP contribution in [0.25, 0.3) is 0 Å². The smallest absolute Gasteiger partial charge is 0.268 e. The summed E-state index contributed by atoms with van der Waals surface area (Å²) in [5.74, 6) is 0. The fourth-order valence-corrected chi connectivity index (χ4v) is 4.55. The molecule has 0 unspecified atom stereocenters. The lowest BCUT2D eigenvalue weighted by Crippen LogP contribution is -2.26. The fourth-order valence-electron chi connectivity index (χ4n) is 2.95. The highest BCUT2D eigenvalue weighted by Gasteiger charge is 2.24. The number of hydrogen-bond donors (Lipinski definition) is 1. The van der Waals surface area contributed by atoms with Crippen LogP contribution in [0.1, 0.15) is 24.2 Å². The molecule has 3 rings (SSSR count). The van der Waals surface area contributed by atoms with Gasteiger partial charge in [-0.15, -0.1) is 0 Å². The van der Waals surface area contributed by atoms with Crippen LogP contribution in [0, 0.1) is 6.92 Å². The third kappa shape index (κ3) is 2.76. The second kappa shape index (κ2) is 5.66. The lowest BCUT2D eigenvalue weighted by molar-refractivity contribution is 0.569. The van der Waals surface area contributed by atoms with Crippen molar-refractivity contribution in [1.29, 1.82) is 0 Å². The van der Waals surface area contributed by atoms with Crippen LogP contribution in [-0.4, -0.2) is 25.0 Å². The minimum atomic E-state index is -3.51. The summed E-state index contributed by atoms with van der Waals surface area (Å²) in [4.78, 5) is 0.338. The number of nitrogens with zero attached hydrogens (tertiary/aromatic N) is 1. The molecule has 0 spiro atoms. The van der Waals surface area contributed by atoms with E-state index in [0.29, 0.717) is 10.9 Å². The predicted molar refractivity (Wildman–Crippen MR) is 82.9 cm³/mol. The summed E-state index contributed by atoms with van der Waals surface area (Å²) in [6.07, 6.45) is 3.02. The first kappa shape index (κ1) is 14.4. The van der Waals surface area contributed by atoms with E-state index in [1.807, 2.05) is 25.1 Å². The van der Waals surface area contributed by atoms with Crippen LogP contribution in [0.2, 0.25) is 0 Å². The van der Waals surface area contributed by atoms with E-state index in [4.69, 9.17) is 0 Å². The molecule has 112 valence electrons. The Balaban J connectivity index is 1.99. The molecule has 0 aliphatic carbocycles. The quantitative estimate of drug-likeness (QED) is 0.943. The van der Waals surface area contributed by atoms with E-state index < -0.39 is 10.0 Å². The van der Waals surface area contributed by atoms with E-state index in [2.05, 4.69) is 5.32 Å². The molecule has 5 heteroatoms. The number of aryl methyl sites for hydroxylation is 1. The minimum absolute atomic E-state index is 0.338. The third-order valence-electron chi connectivity index (χ3n) is 4.00. The molecule has 1 saturated heterocycles. The van der Waals surface area contributed by atoms with Crippen molar-refractivity contribution in [2.45, 2.75) is 37.1 Å². The molecule has 4 nitrogen and oxygen atoms in total. The van der Waals surface area contributed by atoms with Gasteiger partial charge in [0.15, 0.2) is 0 Å². The first-order valence-electron chi connectivity index (χ1n) is 7.30. The summed E-state index contributed by atoms with van der Waals surface area (Å²) in [6.45, 7) is 2.86. The molecule has 1 aromatic carbocycles. The molecular weight excluding hydrogens is 284 g/mol. The van der Waals surface area contributed by atoms with Gasteiger partial charge in [0.05, 0.1) is 4.90 Å². The average Bonchev–Trinajstić information content (AvgIpc) is 3.11. The first-order valence-corrected chi connectivity index (χ1v) is 8.74. The van der Waals surface area contributed by atoms with Gasteiger partial charge in [0, 0.05) is 23.9 Å². The molecule has 1 aliphatic rings. The third-order valence-corrected chi connectivity index (χ3v) is 5.87. The van der Waals surface area contributed by atoms with Crippen molar-refractivity contribution in [1.82, 2.24) is 9.29 Å². The summed E-state index contributed by atoms with van der Waals surface area (Å²) in [7, 11) is -3.51. The SMILES string of the molecule is Cc1ccc(C[C@H]2CCCN2)n1S(=O)(=O)c1ccccc1. The normalized spacial score (nSPS) is 19.0. The molecule has 0 radical (unpaired) electrons. The Morgan fingerprint density at radius 3 is 2.62 bits per heavy atom. The topological polar surface area (TPSA) is 51.1 Å². The van der Waals surface area contributed by atoms with E-state index in [-0.39, 0.29) is 0 Å². The van der Waals surface area contributed by atoms with Gasteiger partial charge < -0.3 is 5.32 Å². The van der Waals surface area contributed by atoms with Crippen LogP contribution in [0.15, 0.2) is 47.4 Å². The molecule has 21 heavy (non-hydrogen) atoms. The van der Waals surface area contributed by atoms with Crippen LogP contribution in [0.5, 0.6) is 0 Å². The van der Waals surface area contributed by atoms with Crippen molar-refractivity contribution in [3.05, 3.63) is 53.9 Å². The van der Waals surface area contributed by atoms with Crippen LogP contribution in [0.3, 0.4) is 0 Å². The molecule has 1 atom stereocenters. The number of nitrogens with one attached hydrogen (secondary N) is 1. The Morgan fingerprint density at radius 1 is 1.19 bits per heavy atom. The van der Waals surface area contributed by atoms with Gasteiger partial charge in [0.1, 0.15) is 0 Å². The van der Waals surface area contributed by atoms with Crippen molar-refractivity contribution in [3.8, 4) is 0 Å². The highest BCUT2D eigenvalue weighted by molar-refractivity contribution is 7.90. The lowest BCUT2D eigenvalue weighted by Gasteiger charge is -2.15. The summed E-state index contributed by atoms with van der Waals surface area (Å²) < 4.78 is 27.2. The van der Waals surface area contributed by atoms with Gasteiger partial charge in [-0.1, -0.05) is 18.2 Å². The summed E-state index contributed by atoms with van der Waals surface area (Å²) in [5.41, 5.74) is 1.61. The van der Waals surface area contributed by atoms with E-state index in [1.54, 1.807) is 24.3 Å². The Labute approximate surface area is 125 Å². The number of hydrogen-bond acceptors (Lipinski definition) is 3. The molecule has 1 aromatic heterocycles. The van der Waals surface area contributed by atoms with E-state index >= 15 is 0 Å². The minimum Gasteiger partial charge on any atom is -0.314 e. The van der Waals surface area contributed by atoms with Gasteiger partial charge in [-0.05, 0) is 50.6 Å². The van der Waals surface area contributed by atoms with Crippen LogP contribution in [0.4, 0.5) is 0 Å². The Kier molecular flexibility index (Phi) is 3.87. The van der Waals surface area contributed by atoms with E-state index in [9.17, 15) is 8.42 Å². The highest BCUT2D eigenvalue weighted by Crippen LogP contribution is 2.22. The van der Waals surface area contributed by atoms with Gasteiger partial charge in [0.25, 0.3) is 10.0 Å². The maximum Gasteiger partial charge on any atom is 0.268 e. The Bertz CT molecular complexity index is 714. The second-order valence-corrected chi connectivity index (χ2v) is 7.33. The maximum atomic E-state index is 12.9. The number of aromatic nitrogens is 1. The molecule has 0 saturated carbocycles. The Hall–Kier alpha value is -1.59. The summed E-state index contributed by atoms with van der Waals surface area (Å²) in [6, 6.07) is 12.8. The van der Waals surface area contributed by atoms with Crippen molar-refractivity contribution in [2.75, 3.05) is 6.54 Å². The van der Waals surface area contributed by atoms with Gasteiger partial charge >= 0.3 is 0 Å². The van der Waals surface area contributed by atoms with Gasteiger partial charge in [-0.3, -0.25) is 0 Å². The molecular formula is C16H20N2O2S. The molecule has 1 fully saturated rings. The van der Waals surface area contributed by atoms with Crippen molar-refractivity contribution < 1.29 is 8.42 Å². The van der Waals surface area contributed by atoms with E-state index in [1.165, 1.54) is 3.97 Å². The van der Waals surface area contributed by atoms with Crippen molar-refractivity contribution in [2.24, 2.45) is 0 Å². The lowest BCUT2D eigenvalue weighted by atomic mass is 10.1. The monoisotopic (exact) mass is 304 g/mol. The highest BCUT2D eigenvalue weighted by atomic mass is 32.2. The van der Waals surface area contributed by atoms with Crippen LogP contribution >= 0.6 is 0 Å². The van der Waals surface area contributed by atoms with Crippen molar-refractivity contribution >= 4 is 10.0 Å².